The van der Waals surface area contributed by atoms with E-state index in [2.05, 4.69) is 37.7 Å². The summed E-state index contributed by atoms with van der Waals surface area (Å²) < 4.78 is 14.9. The van der Waals surface area contributed by atoms with Gasteiger partial charge >= 0.3 is 6.16 Å². The van der Waals surface area contributed by atoms with E-state index in [0.717, 1.165) is 6.54 Å². The molecule has 0 aromatic rings. The van der Waals surface area contributed by atoms with Crippen LogP contribution in [0, 0.1) is 0 Å². The highest BCUT2D eigenvalue weighted by atomic mass is 33.1. The molecule has 20 heavy (non-hydrogen) atoms. The van der Waals surface area contributed by atoms with Crippen molar-refractivity contribution < 1.29 is 19.0 Å². The number of ether oxygens (including phenoxy) is 3. The van der Waals surface area contributed by atoms with Crippen molar-refractivity contribution in [3.63, 3.8) is 0 Å². The minimum absolute atomic E-state index is 0.153. The van der Waals surface area contributed by atoms with E-state index < -0.39 is 6.16 Å². The lowest BCUT2D eigenvalue weighted by atomic mass is 10.2. The molecule has 1 N–H and O–H groups in total. The highest BCUT2D eigenvalue weighted by molar-refractivity contribution is 8.77. The summed E-state index contributed by atoms with van der Waals surface area (Å²) in [7, 11) is 3.45. The van der Waals surface area contributed by atoms with Gasteiger partial charge in [0.15, 0.2) is 0 Å². The van der Waals surface area contributed by atoms with Crippen LogP contribution in [0.3, 0.4) is 0 Å². The molecule has 7 heteroatoms. The number of rotatable bonds is 11. The molecule has 0 aromatic heterocycles. The molecule has 5 nitrogen and oxygen atoms in total. The number of carbonyl (C=O) groups is 1. The fraction of sp³-hybridized carbons (Fsp3) is 0.923. The quantitative estimate of drug-likeness (QED) is 0.271. The zero-order valence-electron chi connectivity index (χ0n) is 13.1. The highest BCUT2D eigenvalue weighted by Gasteiger charge is 2.18. The molecule has 0 aliphatic carbocycles. The molecule has 0 unspecified atom stereocenters. The Morgan fingerprint density at radius 2 is 1.95 bits per heavy atom. The Balaban J connectivity index is 3.45. The smallest absolute Gasteiger partial charge is 0.435 e. The summed E-state index contributed by atoms with van der Waals surface area (Å²) in [4.78, 5) is 10.9. The SMILES string of the molecule is CCOC(=O)OCCOCSSC(C)(C)CNC(C)C. The van der Waals surface area contributed by atoms with Gasteiger partial charge in [-0.1, -0.05) is 35.4 Å². The maximum atomic E-state index is 10.9. The molecule has 0 saturated heterocycles. The average molecular weight is 325 g/mol. The van der Waals surface area contributed by atoms with Crippen LogP contribution in [0.2, 0.25) is 0 Å². The van der Waals surface area contributed by atoms with Gasteiger partial charge < -0.3 is 19.5 Å². The Labute approximate surface area is 130 Å². The molecule has 0 spiro atoms. The van der Waals surface area contributed by atoms with Crippen molar-refractivity contribution in [3.8, 4) is 0 Å². The molecule has 120 valence electrons. The van der Waals surface area contributed by atoms with E-state index in [0.29, 0.717) is 25.2 Å². The monoisotopic (exact) mass is 325 g/mol. The zero-order chi connectivity index (χ0) is 15.4. The lowest BCUT2D eigenvalue weighted by molar-refractivity contribution is 0.0375. The molecule has 0 heterocycles. The van der Waals surface area contributed by atoms with Gasteiger partial charge in [0.2, 0.25) is 0 Å². The van der Waals surface area contributed by atoms with Crippen LogP contribution < -0.4 is 5.32 Å². The Morgan fingerprint density at radius 1 is 1.25 bits per heavy atom. The van der Waals surface area contributed by atoms with E-state index in [9.17, 15) is 4.79 Å². The van der Waals surface area contributed by atoms with E-state index >= 15 is 0 Å². The predicted octanol–water partition coefficient (Wildman–Crippen LogP) is 3.29. The van der Waals surface area contributed by atoms with Gasteiger partial charge in [0.1, 0.15) is 12.5 Å². The maximum absolute atomic E-state index is 10.9. The fourth-order valence-corrected chi connectivity index (χ4v) is 3.28. The van der Waals surface area contributed by atoms with Gasteiger partial charge in [-0.25, -0.2) is 4.79 Å². The summed E-state index contributed by atoms with van der Waals surface area (Å²) in [5.41, 5.74) is 0. The van der Waals surface area contributed by atoms with Crippen LogP contribution in [0.15, 0.2) is 0 Å². The Kier molecular flexibility index (Phi) is 11.5. The van der Waals surface area contributed by atoms with Crippen molar-refractivity contribution in [3.05, 3.63) is 0 Å². The van der Waals surface area contributed by atoms with Crippen LogP contribution in [0.1, 0.15) is 34.6 Å². The van der Waals surface area contributed by atoms with Gasteiger partial charge in [-0.15, -0.1) is 0 Å². The second-order valence-electron chi connectivity index (χ2n) is 5.05. The van der Waals surface area contributed by atoms with Gasteiger partial charge in [0, 0.05) is 17.3 Å². The van der Waals surface area contributed by atoms with Gasteiger partial charge in [-0.05, 0) is 20.8 Å². The molecule has 0 aliphatic rings. The van der Waals surface area contributed by atoms with Gasteiger partial charge in [-0.2, -0.15) is 0 Å². The van der Waals surface area contributed by atoms with Gasteiger partial charge in [0.25, 0.3) is 0 Å². The molecule has 0 aliphatic heterocycles. The first-order chi connectivity index (χ1) is 9.37. The van der Waals surface area contributed by atoms with E-state index in [1.807, 2.05) is 0 Å². The third-order valence-corrected chi connectivity index (χ3v) is 5.03. The van der Waals surface area contributed by atoms with E-state index in [4.69, 9.17) is 9.47 Å². The normalized spacial score (nSPS) is 11.7. The molecule has 0 rings (SSSR count). The van der Waals surface area contributed by atoms with Gasteiger partial charge in [-0.3, -0.25) is 0 Å². The molecule has 0 bridgehead atoms. The van der Waals surface area contributed by atoms with Crippen LogP contribution in [-0.4, -0.2) is 49.2 Å². The van der Waals surface area contributed by atoms with Crippen molar-refractivity contribution in [1.29, 1.82) is 0 Å². The zero-order valence-corrected chi connectivity index (χ0v) is 14.7. The number of carbonyl (C=O) groups excluding carboxylic acids is 1. The topological polar surface area (TPSA) is 56.8 Å². The third kappa shape index (κ3) is 12.9. The van der Waals surface area contributed by atoms with Crippen LogP contribution in [0.25, 0.3) is 0 Å². The summed E-state index contributed by atoms with van der Waals surface area (Å²) in [5, 5.41) is 3.43. The molecule has 0 saturated carbocycles. The molecule has 0 aromatic carbocycles. The second-order valence-corrected chi connectivity index (χ2v) is 8.00. The highest BCUT2D eigenvalue weighted by Crippen LogP contribution is 2.35. The van der Waals surface area contributed by atoms with E-state index in [-0.39, 0.29) is 11.4 Å². The molecule has 0 fully saturated rings. The summed E-state index contributed by atoms with van der Waals surface area (Å²) in [5.74, 6) is 0.571. The number of nitrogens with one attached hydrogen (secondary N) is 1. The van der Waals surface area contributed by atoms with Crippen LogP contribution in [0.4, 0.5) is 4.79 Å². The summed E-state index contributed by atoms with van der Waals surface area (Å²) in [6, 6.07) is 0.496. The maximum Gasteiger partial charge on any atom is 0.508 e. The first kappa shape index (κ1) is 19.9. The summed E-state index contributed by atoms with van der Waals surface area (Å²) in [6.07, 6.45) is -0.640. The standard InChI is InChI=1S/C13H27NO4S2/c1-6-17-12(15)18-8-7-16-10-19-20-13(4,5)9-14-11(2)3/h11,14H,6-10H2,1-5H3. The Hall–Kier alpha value is -0.110. The summed E-state index contributed by atoms with van der Waals surface area (Å²) in [6.45, 7) is 12.3. The first-order valence-electron chi connectivity index (χ1n) is 6.78. The molecule has 0 radical (unpaired) electrons. The molecular formula is C13H27NO4S2. The summed E-state index contributed by atoms with van der Waals surface area (Å²) >= 11 is 0. The van der Waals surface area contributed by atoms with E-state index in [1.54, 1.807) is 28.5 Å². The van der Waals surface area contributed by atoms with Crippen LogP contribution >= 0.6 is 21.6 Å². The Bertz CT molecular complexity index is 263. The lowest BCUT2D eigenvalue weighted by Crippen LogP contribution is -2.35. The molecule has 0 atom stereocenters. The minimum Gasteiger partial charge on any atom is -0.435 e. The van der Waals surface area contributed by atoms with Crippen molar-refractivity contribution in [2.45, 2.75) is 45.4 Å². The third-order valence-electron chi connectivity index (χ3n) is 2.06. The van der Waals surface area contributed by atoms with Crippen LogP contribution in [-0.2, 0) is 14.2 Å². The second kappa shape index (κ2) is 11.5. The Morgan fingerprint density at radius 3 is 2.55 bits per heavy atom. The minimum atomic E-state index is -0.640. The number of hydrogen-bond acceptors (Lipinski definition) is 7. The fourth-order valence-electron chi connectivity index (χ4n) is 1.10. The predicted molar refractivity (Wildman–Crippen MR) is 86.2 cm³/mol. The molecular weight excluding hydrogens is 298 g/mol. The molecule has 0 amide bonds. The van der Waals surface area contributed by atoms with Crippen molar-refractivity contribution in [2.75, 3.05) is 32.3 Å². The van der Waals surface area contributed by atoms with Crippen molar-refractivity contribution >= 4 is 27.7 Å². The van der Waals surface area contributed by atoms with Gasteiger partial charge in [0.05, 0.1) is 13.2 Å². The lowest BCUT2D eigenvalue weighted by Gasteiger charge is -2.24. The average Bonchev–Trinajstić information content (AvgIpc) is 2.36. The first-order valence-corrected chi connectivity index (χ1v) is 9.10. The van der Waals surface area contributed by atoms with Crippen molar-refractivity contribution in [1.82, 2.24) is 5.32 Å². The largest absolute Gasteiger partial charge is 0.508 e. The van der Waals surface area contributed by atoms with Crippen LogP contribution in [0.5, 0.6) is 0 Å². The van der Waals surface area contributed by atoms with E-state index in [1.165, 1.54) is 0 Å². The number of hydrogen-bond donors (Lipinski definition) is 1. The van der Waals surface area contributed by atoms with Crippen molar-refractivity contribution in [2.24, 2.45) is 0 Å².